The second-order valence-electron chi connectivity index (χ2n) is 4.79. The van der Waals surface area contributed by atoms with Crippen LogP contribution in [-0.4, -0.2) is 17.0 Å². The van der Waals surface area contributed by atoms with Crippen molar-refractivity contribution < 1.29 is 0 Å². The van der Waals surface area contributed by atoms with Gasteiger partial charge >= 0.3 is 0 Å². The van der Waals surface area contributed by atoms with Gasteiger partial charge in [0.2, 0.25) is 0 Å². The Kier molecular flexibility index (Phi) is 4.56. The van der Waals surface area contributed by atoms with Crippen molar-refractivity contribution >= 4 is 5.96 Å². The molecule has 1 aliphatic rings. The molecule has 1 aliphatic carbocycles. The third kappa shape index (κ3) is 3.45. The molecule has 1 saturated carbocycles. The zero-order valence-electron chi connectivity index (χ0n) is 11.0. The van der Waals surface area contributed by atoms with E-state index in [1.807, 2.05) is 12.3 Å². The zero-order valence-corrected chi connectivity index (χ0v) is 11.0. The van der Waals surface area contributed by atoms with Crippen molar-refractivity contribution in [3.63, 3.8) is 0 Å². The Bertz CT molecular complexity index is 408. The number of guanidine groups is 1. The minimum Gasteiger partial charge on any atom is -0.370 e. The predicted molar refractivity (Wildman–Crippen MR) is 74.3 cm³/mol. The van der Waals surface area contributed by atoms with Crippen molar-refractivity contribution in [1.82, 2.24) is 10.3 Å². The minimum absolute atomic E-state index is 0.517. The van der Waals surface area contributed by atoms with Crippen molar-refractivity contribution in [1.29, 1.82) is 0 Å². The Morgan fingerprint density at radius 2 is 2.28 bits per heavy atom. The van der Waals surface area contributed by atoms with Crippen LogP contribution in [-0.2, 0) is 13.0 Å². The van der Waals surface area contributed by atoms with E-state index in [0.717, 1.165) is 12.1 Å². The normalized spacial score (nSPS) is 17.1. The third-order valence-electron chi connectivity index (χ3n) is 3.47. The van der Waals surface area contributed by atoms with Gasteiger partial charge < -0.3 is 11.1 Å². The molecule has 0 bridgehead atoms. The van der Waals surface area contributed by atoms with Gasteiger partial charge in [-0.25, -0.2) is 4.99 Å². The summed E-state index contributed by atoms with van der Waals surface area (Å²) in [6.45, 7) is 2.69. The first-order valence-corrected chi connectivity index (χ1v) is 6.79. The fourth-order valence-corrected chi connectivity index (χ4v) is 2.42. The van der Waals surface area contributed by atoms with Crippen molar-refractivity contribution in [2.75, 3.05) is 0 Å². The second-order valence-corrected chi connectivity index (χ2v) is 4.79. The van der Waals surface area contributed by atoms with Gasteiger partial charge in [-0.1, -0.05) is 25.8 Å². The molecule has 0 saturated heterocycles. The number of hydrogen-bond donors (Lipinski definition) is 2. The molecule has 0 radical (unpaired) electrons. The maximum atomic E-state index is 5.90. The summed E-state index contributed by atoms with van der Waals surface area (Å²) in [6, 6.07) is 4.58. The molecule has 4 nitrogen and oxygen atoms in total. The molecule has 1 aromatic rings. The molecule has 1 heterocycles. The van der Waals surface area contributed by atoms with E-state index in [1.54, 1.807) is 0 Å². The van der Waals surface area contributed by atoms with Crippen LogP contribution in [0.1, 0.15) is 43.9 Å². The summed E-state index contributed by atoms with van der Waals surface area (Å²) in [5.74, 6) is 0.551. The van der Waals surface area contributed by atoms with Crippen LogP contribution in [0.4, 0.5) is 0 Å². The average Bonchev–Trinajstić information content (AvgIpc) is 2.89. The highest BCUT2D eigenvalue weighted by molar-refractivity contribution is 5.78. The fourth-order valence-electron chi connectivity index (χ4n) is 2.42. The van der Waals surface area contributed by atoms with Gasteiger partial charge in [0.15, 0.2) is 5.96 Å². The van der Waals surface area contributed by atoms with Crippen LogP contribution in [0.2, 0.25) is 0 Å². The van der Waals surface area contributed by atoms with E-state index in [0.29, 0.717) is 18.5 Å². The number of nitrogens with two attached hydrogens (primary N) is 1. The average molecular weight is 246 g/mol. The van der Waals surface area contributed by atoms with E-state index in [9.17, 15) is 0 Å². The summed E-state index contributed by atoms with van der Waals surface area (Å²) >= 11 is 0. The predicted octanol–water partition coefficient (Wildman–Crippen LogP) is 1.99. The van der Waals surface area contributed by atoms with E-state index >= 15 is 0 Å². The number of nitrogens with zero attached hydrogens (tertiary/aromatic N) is 2. The molecule has 1 fully saturated rings. The summed E-state index contributed by atoms with van der Waals surface area (Å²) < 4.78 is 0. The summed E-state index contributed by atoms with van der Waals surface area (Å²) in [7, 11) is 0. The highest BCUT2D eigenvalue weighted by Gasteiger charge is 2.14. The summed E-state index contributed by atoms with van der Waals surface area (Å²) in [6.07, 6.45) is 7.80. The SMILES string of the molecule is CCc1cccnc1CN=C(N)NC1CCCC1. The lowest BCUT2D eigenvalue weighted by molar-refractivity contribution is 0.625. The molecule has 98 valence electrons. The van der Waals surface area contributed by atoms with Gasteiger partial charge in [0.1, 0.15) is 0 Å². The Hall–Kier alpha value is -1.58. The number of aliphatic imine (C=N–C) groups is 1. The first-order valence-electron chi connectivity index (χ1n) is 6.79. The summed E-state index contributed by atoms with van der Waals surface area (Å²) in [5.41, 5.74) is 8.17. The molecule has 0 aromatic carbocycles. The zero-order chi connectivity index (χ0) is 12.8. The molecular weight excluding hydrogens is 224 g/mol. The largest absolute Gasteiger partial charge is 0.370 e. The van der Waals surface area contributed by atoms with Gasteiger partial charge in [0.25, 0.3) is 0 Å². The van der Waals surface area contributed by atoms with Gasteiger partial charge in [0.05, 0.1) is 12.2 Å². The van der Waals surface area contributed by atoms with Crippen molar-refractivity contribution in [3.8, 4) is 0 Å². The fraction of sp³-hybridized carbons (Fsp3) is 0.571. The first kappa shape index (κ1) is 12.9. The Morgan fingerprint density at radius 1 is 1.50 bits per heavy atom. The molecule has 3 N–H and O–H groups in total. The van der Waals surface area contributed by atoms with Crippen LogP contribution in [0.5, 0.6) is 0 Å². The van der Waals surface area contributed by atoms with Gasteiger partial charge in [-0.15, -0.1) is 0 Å². The summed E-state index contributed by atoms with van der Waals surface area (Å²) in [5, 5.41) is 3.29. The van der Waals surface area contributed by atoms with Crippen LogP contribution < -0.4 is 11.1 Å². The topological polar surface area (TPSA) is 63.3 Å². The molecule has 0 amide bonds. The quantitative estimate of drug-likeness (QED) is 0.631. The van der Waals surface area contributed by atoms with E-state index in [1.165, 1.54) is 31.2 Å². The minimum atomic E-state index is 0.517. The number of aromatic nitrogens is 1. The van der Waals surface area contributed by atoms with Gasteiger partial charge in [-0.2, -0.15) is 0 Å². The first-order chi connectivity index (χ1) is 8.79. The van der Waals surface area contributed by atoms with Crippen molar-refractivity contribution in [2.45, 2.75) is 51.6 Å². The molecule has 0 unspecified atom stereocenters. The van der Waals surface area contributed by atoms with Crippen LogP contribution in [0, 0.1) is 0 Å². The lowest BCUT2D eigenvalue weighted by Crippen LogP contribution is -2.38. The maximum absolute atomic E-state index is 5.90. The van der Waals surface area contributed by atoms with Crippen LogP contribution in [0.3, 0.4) is 0 Å². The van der Waals surface area contributed by atoms with Crippen molar-refractivity contribution in [3.05, 3.63) is 29.6 Å². The lowest BCUT2D eigenvalue weighted by atomic mass is 10.1. The van der Waals surface area contributed by atoms with Crippen LogP contribution in [0.25, 0.3) is 0 Å². The number of rotatable bonds is 4. The lowest BCUT2D eigenvalue weighted by Gasteiger charge is -2.12. The highest BCUT2D eigenvalue weighted by Crippen LogP contribution is 2.17. The third-order valence-corrected chi connectivity index (χ3v) is 3.47. The molecule has 1 aromatic heterocycles. The second kappa shape index (κ2) is 6.38. The maximum Gasteiger partial charge on any atom is 0.189 e. The van der Waals surface area contributed by atoms with Gasteiger partial charge in [0, 0.05) is 12.2 Å². The van der Waals surface area contributed by atoms with Crippen molar-refractivity contribution in [2.24, 2.45) is 10.7 Å². The molecule has 4 heteroatoms. The monoisotopic (exact) mass is 246 g/mol. The number of pyridine rings is 1. The Balaban J connectivity index is 1.92. The molecule has 18 heavy (non-hydrogen) atoms. The Labute approximate surface area is 109 Å². The van der Waals surface area contributed by atoms with E-state index in [4.69, 9.17) is 5.73 Å². The van der Waals surface area contributed by atoms with E-state index in [2.05, 4.69) is 28.3 Å². The number of nitrogens with one attached hydrogen (secondary N) is 1. The molecule has 0 aliphatic heterocycles. The molecule has 0 atom stereocenters. The van der Waals surface area contributed by atoms with Gasteiger partial charge in [-0.05, 0) is 30.9 Å². The van der Waals surface area contributed by atoms with E-state index < -0.39 is 0 Å². The molecular formula is C14H22N4. The summed E-state index contributed by atoms with van der Waals surface area (Å²) in [4.78, 5) is 8.75. The molecule has 2 rings (SSSR count). The Morgan fingerprint density at radius 3 is 3.00 bits per heavy atom. The standard InChI is InChI=1S/C14H22N4/c1-2-11-6-5-9-16-13(11)10-17-14(15)18-12-7-3-4-8-12/h5-6,9,12H,2-4,7-8,10H2,1H3,(H3,15,17,18). The highest BCUT2D eigenvalue weighted by atomic mass is 15.1. The molecule has 0 spiro atoms. The van der Waals surface area contributed by atoms with Gasteiger partial charge in [-0.3, -0.25) is 4.98 Å². The van der Waals surface area contributed by atoms with Crippen LogP contribution >= 0.6 is 0 Å². The smallest absolute Gasteiger partial charge is 0.189 e. The van der Waals surface area contributed by atoms with Crippen LogP contribution in [0.15, 0.2) is 23.3 Å². The van der Waals surface area contributed by atoms with E-state index in [-0.39, 0.29) is 0 Å². The number of hydrogen-bond acceptors (Lipinski definition) is 2. The number of aryl methyl sites for hydroxylation is 1.